The molecule has 0 bridgehead atoms. The van der Waals surface area contributed by atoms with Gasteiger partial charge in [-0.05, 0) is 30.7 Å². The van der Waals surface area contributed by atoms with Crippen molar-refractivity contribution in [1.29, 1.82) is 0 Å². The molecular weight excluding hydrogens is 296 g/mol. The molecule has 1 aromatic carbocycles. The van der Waals surface area contributed by atoms with E-state index in [0.29, 0.717) is 23.1 Å². The van der Waals surface area contributed by atoms with E-state index in [1.807, 2.05) is 31.2 Å². The molecule has 0 aliphatic heterocycles. The number of methoxy groups -OCH3 is 2. The minimum Gasteiger partial charge on any atom is -0.493 e. The van der Waals surface area contributed by atoms with E-state index in [-0.39, 0.29) is 0 Å². The maximum atomic E-state index is 6.28. The van der Waals surface area contributed by atoms with Crippen molar-refractivity contribution in [2.75, 3.05) is 14.2 Å². The van der Waals surface area contributed by atoms with Crippen LogP contribution in [0.25, 0.3) is 11.4 Å². The lowest BCUT2D eigenvalue weighted by molar-refractivity contribution is 0.354. The van der Waals surface area contributed by atoms with Crippen molar-refractivity contribution in [2.24, 2.45) is 5.73 Å². The van der Waals surface area contributed by atoms with E-state index in [0.717, 1.165) is 16.9 Å². The number of nitrogens with two attached hydrogens (primary N) is 1. The number of nitrogens with zero attached hydrogens (tertiary/aromatic N) is 2. The zero-order valence-corrected chi connectivity index (χ0v) is 13.2. The number of rotatable bonds is 5. The van der Waals surface area contributed by atoms with Gasteiger partial charge < -0.3 is 19.6 Å². The van der Waals surface area contributed by atoms with Crippen LogP contribution in [0.5, 0.6) is 11.5 Å². The number of H-pyrrole nitrogens is 1. The van der Waals surface area contributed by atoms with Gasteiger partial charge >= 0.3 is 0 Å². The second-order valence-corrected chi connectivity index (χ2v) is 5.03. The van der Waals surface area contributed by atoms with Gasteiger partial charge in [0.1, 0.15) is 11.6 Å². The third-order valence-electron chi connectivity index (χ3n) is 3.66. The minimum absolute atomic E-state index is 0.455. The van der Waals surface area contributed by atoms with Crippen molar-refractivity contribution in [3.05, 3.63) is 47.7 Å². The molecule has 2 aromatic heterocycles. The summed E-state index contributed by atoms with van der Waals surface area (Å²) in [7, 11) is 3.18. The van der Waals surface area contributed by atoms with Gasteiger partial charge in [-0.3, -0.25) is 5.10 Å². The fraction of sp³-hybridized carbons (Fsp3) is 0.250. The van der Waals surface area contributed by atoms with Crippen LogP contribution in [0.3, 0.4) is 0 Å². The average molecular weight is 314 g/mol. The molecule has 7 heteroatoms. The number of aromatic amines is 1. The third kappa shape index (κ3) is 2.78. The summed E-state index contributed by atoms with van der Waals surface area (Å²) in [5, 5.41) is 7.10. The Bertz CT molecular complexity index is 809. The number of furan rings is 1. The predicted octanol–water partition coefficient (Wildman–Crippen LogP) is 2.44. The molecule has 0 aliphatic carbocycles. The molecule has 1 atom stereocenters. The first kappa shape index (κ1) is 15.1. The molecule has 3 N–H and O–H groups in total. The first-order valence-electron chi connectivity index (χ1n) is 7.08. The third-order valence-corrected chi connectivity index (χ3v) is 3.66. The lowest BCUT2D eigenvalue weighted by atomic mass is 10.1. The van der Waals surface area contributed by atoms with Gasteiger partial charge in [0, 0.05) is 0 Å². The Morgan fingerprint density at radius 1 is 1.17 bits per heavy atom. The molecule has 120 valence electrons. The molecular formula is C16H18N4O3. The molecule has 0 saturated heterocycles. The summed E-state index contributed by atoms with van der Waals surface area (Å²) in [6.45, 7) is 1.86. The van der Waals surface area contributed by atoms with Crippen molar-refractivity contribution in [3.8, 4) is 22.9 Å². The van der Waals surface area contributed by atoms with Gasteiger partial charge in [0.05, 0.1) is 32.1 Å². The average Bonchev–Trinajstić information content (AvgIpc) is 3.22. The zero-order chi connectivity index (χ0) is 16.4. The van der Waals surface area contributed by atoms with Crippen LogP contribution in [-0.2, 0) is 0 Å². The Labute approximate surface area is 133 Å². The van der Waals surface area contributed by atoms with Crippen LogP contribution in [0.15, 0.2) is 34.9 Å². The summed E-state index contributed by atoms with van der Waals surface area (Å²) in [6.07, 6.45) is 1.61. The summed E-state index contributed by atoms with van der Waals surface area (Å²) in [4.78, 5) is 4.46. The van der Waals surface area contributed by atoms with Gasteiger partial charge in [0.2, 0.25) is 0 Å². The van der Waals surface area contributed by atoms with E-state index in [1.54, 1.807) is 20.5 Å². The molecule has 0 spiro atoms. The Kier molecular flexibility index (Phi) is 4.03. The molecule has 0 amide bonds. The summed E-state index contributed by atoms with van der Waals surface area (Å²) in [6, 6.07) is 6.88. The van der Waals surface area contributed by atoms with E-state index in [2.05, 4.69) is 15.2 Å². The fourth-order valence-corrected chi connectivity index (χ4v) is 2.35. The lowest BCUT2D eigenvalue weighted by Gasteiger charge is -2.12. The van der Waals surface area contributed by atoms with Gasteiger partial charge in [0.25, 0.3) is 0 Å². The van der Waals surface area contributed by atoms with Crippen molar-refractivity contribution in [3.63, 3.8) is 0 Å². The van der Waals surface area contributed by atoms with Crippen LogP contribution in [0.2, 0.25) is 0 Å². The summed E-state index contributed by atoms with van der Waals surface area (Å²) in [5.74, 6) is 3.15. The summed E-state index contributed by atoms with van der Waals surface area (Å²) < 4.78 is 15.8. The highest BCUT2D eigenvalue weighted by Crippen LogP contribution is 2.31. The molecule has 2 heterocycles. The first-order valence-corrected chi connectivity index (χ1v) is 7.08. The first-order chi connectivity index (χ1) is 11.1. The molecule has 23 heavy (non-hydrogen) atoms. The van der Waals surface area contributed by atoms with E-state index in [4.69, 9.17) is 19.6 Å². The number of ether oxygens (including phenoxy) is 2. The van der Waals surface area contributed by atoms with Crippen molar-refractivity contribution >= 4 is 0 Å². The van der Waals surface area contributed by atoms with E-state index in [9.17, 15) is 0 Å². The zero-order valence-electron chi connectivity index (χ0n) is 13.2. The number of nitrogens with one attached hydrogen (secondary N) is 1. The van der Waals surface area contributed by atoms with Crippen LogP contribution in [-0.4, -0.2) is 29.4 Å². The van der Waals surface area contributed by atoms with E-state index < -0.39 is 6.04 Å². The topological polar surface area (TPSA) is 99.2 Å². The fourth-order valence-electron chi connectivity index (χ4n) is 2.35. The smallest absolute Gasteiger partial charge is 0.184 e. The Balaban J connectivity index is 1.90. The molecule has 7 nitrogen and oxygen atoms in total. The van der Waals surface area contributed by atoms with E-state index in [1.165, 1.54) is 0 Å². The molecule has 0 saturated carbocycles. The Hall–Kier alpha value is -2.80. The summed E-state index contributed by atoms with van der Waals surface area (Å²) in [5.41, 5.74) is 7.96. The predicted molar refractivity (Wildman–Crippen MR) is 84.4 cm³/mol. The van der Waals surface area contributed by atoms with Crippen LogP contribution in [0, 0.1) is 6.92 Å². The molecule has 0 unspecified atom stereocenters. The van der Waals surface area contributed by atoms with Crippen LogP contribution in [0.1, 0.15) is 23.2 Å². The van der Waals surface area contributed by atoms with Crippen molar-refractivity contribution in [2.45, 2.75) is 13.0 Å². The van der Waals surface area contributed by atoms with E-state index >= 15 is 0 Å². The van der Waals surface area contributed by atoms with Crippen LogP contribution >= 0.6 is 0 Å². The number of hydrogen-bond acceptors (Lipinski definition) is 6. The molecule has 0 aliphatic rings. The van der Waals surface area contributed by atoms with Gasteiger partial charge in [0.15, 0.2) is 17.3 Å². The number of hydrogen-bond donors (Lipinski definition) is 2. The van der Waals surface area contributed by atoms with Crippen LogP contribution in [0.4, 0.5) is 0 Å². The quantitative estimate of drug-likeness (QED) is 0.750. The second kappa shape index (κ2) is 6.13. The maximum absolute atomic E-state index is 6.28. The monoisotopic (exact) mass is 314 g/mol. The standard InChI is InChI=1S/C16H18N4O3/c1-9-11(6-7-23-9)15-18-16(20-19-15)14(17)10-4-5-12(21-2)13(8-10)22-3/h4-8,14H,17H2,1-3H3,(H,18,19,20)/t14-/m0/s1. The van der Waals surface area contributed by atoms with Crippen molar-refractivity contribution < 1.29 is 13.9 Å². The highest BCUT2D eigenvalue weighted by molar-refractivity contribution is 5.56. The van der Waals surface area contributed by atoms with Gasteiger partial charge in [-0.25, -0.2) is 4.98 Å². The normalized spacial score (nSPS) is 12.2. The highest BCUT2D eigenvalue weighted by atomic mass is 16.5. The number of benzene rings is 1. The SMILES string of the molecule is COc1ccc([C@H](N)c2nc(-c3ccoc3C)n[nH]2)cc1OC. The Morgan fingerprint density at radius 2 is 1.96 bits per heavy atom. The van der Waals surface area contributed by atoms with Gasteiger partial charge in [-0.2, -0.15) is 5.10 Å². The number of aryl methyl sites for hydroxylation is 1. The molecule has 0 fully saturated rings. The maximum Gasteiger partial charge on any atom is 0.184 e. The molecule has 3 aromatic rings. The highest BCUT2D eigenvalue weighted by Gasteiger charge is 2.18. The minimum atomic E-state index is -0.455. The molecule has 0 radical (unpaired) electrons. The number of aromatic nitrogens is 3. The van der Waals surface area contributed by atoms with Crippen LogP contribution < -0.4 is 15.2 Å². The molecule has 3 rings (SSSR count). The van der Waals surface area contributed by atoms with Gasteiger partial charge in [-0.15, -0.1) is 0 Å². The summed E-state index contributed by atoms with van der Waals surface area (Å²) >= 11 is 0. The second-order valence-electron chi connectivity index (χ2n) is 5.03. The van der Waals surface area contributed by atoms with Crippen molar-refractivity contribution in [1.82, 2.24) is 15.2 Å². The lowest BCUT2D eigenvalue weighted by Crippen LogP contribution is -2.14. The Morgan fingerprint density at radius 3 is 2.61 bits per heavy atom. The largest absolute Gasteiger partial charge is 0.493 e. The van der Waals surface area contributed by atoms with Gasteiger partial charge in [-0.1, -0.05) is 6.07 Å².